The third kappa shape index (κ3) is 2.69. The van der Waals surface area contributed by atoms with Crippen LogP contribution >= 0.6 is 0 Å². The van der Waals surface area contributed by atoms with E-state index in [0.29, 0.717) is 18.0 Å². The van der Waals surface area contributed by atoms with Gasteiger partial charge >= 0.3 is 0 Å². The number of aromatic nitrogens is 2. The lowest BCUT2D eigenvalue weighted by molar-refractivity contribution is 0.388. The van der Waals surface area contributed by atoms with Gasteiger partial charge in [-0.15, -0.1) is 0 Å². The topological polar surface area (TPSA) is 72.4 Å². The van der Waals surface area contributed by atoms with E-state index in [2.05, 4.69) is 9.97 Å². The number of rotatable bonds is 4. The molecule has 0 N–H and O–H groups in total. The molecule has 1 atom stereocenters. The van der Waals surface area contributed by atoms with Crippen LogP contribution < -0.4 is 4.74 Å². The molecule has 1 aliphatic heterocycles. The molecule has 116 valence electrons. The van der Waals surface area contributed by atoms with E-state index in [1.165, 1.54) is 11.4 Å². The fraction of sp³-hybridized carbons (Fsp3) is 0.333. The van der Waals surface area contributed by atoms with E-state index < -0.39 is 10.0 Å². The summed E-state index contributed by atoms with van der Waals surface area (Å²) in [4.78, 5) is 8.54. The van der Waals surface area contributed by atoms with Crippen molar-refractivity contribution in [3.05, 3.63) is 48.5 Å². The second-order valence-corrected chi connectivity index (χ2v) is 6.97. The summed E-state index contributed by atoms with van der Waals surface area (Å²) in [5.41, 5.74) is 0.687. The van der Waals surface area contributed by atoms with Crippen molar-refractivity contribution in [3.8, 4) is 5.75 Å². The molecule has 22 heavy (non-hydrogen) atoms. The van der Waals surface area contributed by atoms with Crippen molar-refractivity contribution in [3.63, 3.8) is 0 Å². The molecule has 0 aliphatic carbocycles. The first-order valence-corrected chi connectivity index (χ1v) is 8.49. The number of sulfonamides is 1. The van der Waals surface area contributed by atoms with Crippen LogP contribution in [0.4, 0.5) is 0 Å². The third-order valence-corrected chi connectivity index (χ3v) is 5.68. The summed E-state index contributed by atoms with van der Waals surface area (Å²) in [6, 6.07) is 6.28. The van der Waals surface area contributed by atoms with Gasteiger partial charge in [0.2, 0.25) is 10.0 Å². The minimum Gasteiger partial charge on any atom is -0.497 e. The Hall–Kier alpha value is -1.99. The van der Waals surface area contributed by atoms with Crippen molar-refractivity contribution in [2.24, 2.45) is 0 Å². The number of hydrogen-bond donors (Lipinski definition) is 0. The van der Waals surface area contributed by atoms with Crippen LogP contribution in [0.2, 0.25) is 0 Å². The number of methoxy groups -OCH3 is 1. The Morgan fingerprint density at radius 3 is 2.91 bits per heavy atom. The number of nitrogens with zero attached hydrogens (tertiary/aromatic N) is 3. The third-order valence-electron chi connectivity index (χ3n) is 3.78. The first-order chi connectivity index (χ1) is 10.6. The molecule has 7 heteroatoms. The number of ether oxygens (including phenoxy) is 1. The normalized spacial score (nSPS) is 19.2. The average molecular weight is 319 g/mol. The molecule has 1 saturated heterocycles. The predicted octanol–water partition coefficient (Wildman–Crippen LogP) is 2.01. The van der Waals surface area contributed by atoms with Gasteiger partial charge in [0, 0.05) is 25.0 Å². The summed E-state index contributed by atoms with van der Waals surface area (Å²) >= 11 is 0. The molecule has 1 fully saturated rings. The van der Waals surface area contributed by atoms with Crippen LogP contribution in [0, 0.1) is 0 Å². The molecule has 1 aromatic carbocycles. The van der Waals surface area contributed by atoms with Gasteiger partial charge in [0.25, 0.3) is 0 Å². The van der Waals surface area contributed by atoms with Crippen molar-refractivity contribution in [1.29, 1.82) is 0 Å². The first kappa shape index (κ1) is 14.9. The quantitative estimate of drug-likeness (QED) is 0.862. The molecule has 6 nitrogen and oxygen atoms in total. The van der Waals surface area contributed by atoms with Crippen LogP contribution in [0.1, 0.15) is 24.6 Å². The van der Waals surface area contributed by atoms with Gasteiger partial charge in [-0.2, -0.15) is 4.31 Å². The van der Waals surface area contributed by atoms with E-state index in [1.54, 1.807) is 42.9 Å². The molecular weight excluding hydrogens is 302 g/mol. The molecule has 0 radical (unpaired) electrons. The Labute approximate surface area is 129 Å². The van der Waals surface area contributed by atoms with E-state index in [4.69, 9.17) is 4.74 Å². The summed E-state index contributed by atoms with van der Waals surface area (Å²) < 4.78 is 32.4. The van der Waals surface area contributed by atoms with Gasteiger partial charge < -0.3 is 4.74 Å². The first-order valence-electron chi connectivity index (χ1n) is 7.05. The highest BCUT2D eigenvalue weighted by atomic mass is 32.2. The Kier molecular flexibility index (Phi) is 4.08. The molecule has 0 amide bonds. The van der Waals surface area contributed by atoms with E-state index >= 15 is 0 Å². The lowest BCUT2D eigenvalue weighted by atomic mass is 10.2. The summed E-state index contributed by atoms with van der Waals surface area (Å²) in [7, 11) is -2.07. The van der Waals surface area contributed by atoms with Crippen LogP contribution in [-0.4, -0.2) is 36.3 Å². The van der Waals surface area contributed by atoms with Crippen LogP contribution in [0.3, 0.4) is 0 Å². The maximum Gasteiger partial charge on any atom is 0.243 e. The van der Waals surface area contributed by atoms with Gasteiger partial charge in [-0.1, -0.05) is 6.07 Å². The van der Waals surface area contributed by atoms with Crippen LogP contribution in [0.15, 0.2) is 47.8 Å². The van der Waals surface area contributed by atoms with E-state index in [-0.39, 0.29) is 10.9 Å². The van der Waals surface area contributed by atoms with E-state index in [9.17, 15) is 8.42 Å². The lowest BCUT2D eigenvalue weighted by Crippen LogP contribution is -2.31. The molecule has 1 unspecified atom stereocenters. The molecule has 1 aromatic heterocycles. The molecule has 2 heterocycles. The molecular formula is C15H17N3O3S. The predicted molar refractivity (Wildman–Crippen MR) is 80.9 cm³/mol. The van der Waals surface area contributed by atoms with Crippen molar-refractivity contribution in [1.82, 2.24) is 14.3 Å². The Balaban J connectivity index is 1.97. The summed E-state index contributed by atoms with van der Waals surface area (Å²) in [5, 5.41) is 0. The molecule has 0 bridgehead atoms. The van der Waals surface area contributed by atoms with Gasteiger partial charge in [-0.25, -0.2) is 8.42 Å². The fourth-order valence-corrected chi connectivity index (χ4v) is 4.41. The summed E-state index contributed by atoms with van der Waals surface area (Å²) in [5.74, 6) is 0.524. The van der Waals surface area contributed by atoms with Gasteiger partial charge in [-0.3, -0.25) is 9.97 Å². The average Bonchev–Trinajstić information content (AvgIpc) is 3.06. The SMILES string of the molecule is COc1cccc(S(=O)(=O)N2CCCC2c2cnccn2)c1. The zero-order chi connectivity index (χ0) is 15.6. The largest absolute Gasteiger partial charge is 0.497 e. The van der Waals surface area contributed by atoms with E-state index in [1.807, 2.05) is 0 Å². The second-order valence-electron chi connectivity index (χ2n) is 5.08. The zero-order valence-electron chi connectivity index (χ0n) is 12.2. The molecule has 1 aliphatic rings. The lowest BCUT2D eigenvalue weighted by Gasteiger charge is -2.23. The van der Waals surface area contributed by atoms with Crippen molar-refractivity contribution < 1.29 is 13.2 Å². The number of benzene rings is 1. The van der Waals surface area contributed by atoms with Gasteiger partial charge in [0.05, 0.1) is 29.9 Å². The zero-order valence-corrected chi connectivity index (χ0v) is 13.0. The minimum atomic E-state index is -3.58. The van der Waals surface area contributed by atoms with Crippen molar-refractivity contribution in [2.75, 3.05) is 13.7 Å². The highest BCUT2D eigenvalue weighted by molar-refractivity contribution is 7.89. The smallest absolute Gasteiger partial charge is 0.243 e. The maximum atomic E-state index is 12.9. The molecule has 3 rings (SSSR count). The summed E-state index contributed by atoms with van der Waals surface area (Å²) in [6.45, 7) is 0.487. The standard InChI is InChI=1S/C15H17N3O3S/c1-21-12-4-2-5-13(10-12)22(19,20)18-9-3-6-15(18)14-11-16-7-8-17-14/h2,4-5,7-8,10-11,15H,3,6,9H2,1H3. The van der Waals surface area contributed by atoms with Crippen molar-refractivity contribution >= 4 is 10.0 Å². The molecule has 0 spiro atoms. The Morgan fingerprint density at radius 2 is 2.18 bits per heavy atom. The fourth-order valence-electron chi connectivity index (χ4n) is 2.70. The van der Waals surface area contributed by atoms with Crippen LogP contribution in [-0.2, 0) is 10.0 Å². The van der Waals surface area contributed by atoms with Crippen LogP contribution in [0.5, 0.6) is 5.75 Å². The highest BCUT2D eigenvalue weighted by Gasteiger charge is 2.37. The van der Waals surface area contributed by atoms with E-state index in [0.717, 1.165) is 12.8 Å². The van der Waals surface area contributed by atoms with Gasteiger partial charge in [-0.05, 0) is 25.0 Å². The Bertz CT molecular complexity index is 750. The van der Waals surface area contributed by atoms with Crippen LogP contribution in [0.25, 0.3) is 0 Å². The minimum absolute atomic E-state index is 0.239. The Morgan fingerprint density at radius 1 is 1.32 bits per heavy atom. The van der Waals surface area contributed by atoms with Crippen molar-refractivity contribution in [2.45, 2.75) is 23.8 Å². The molecule has 2 aromatic rings. The maximum absolute atomic E-state index is 12.9. The monoisotopic (exact) mass is 319 g/mol. The highest BCUT2D eigenvalue weighted by Crippen LogP contribution is 2.35. The number of hydrogen-bond acceptors (Lipinski definition) is 5. The summed E-state index contributed by atoms with van der Waals surface area (Å²) in [6.07, 6.45) is 6.36. The van der Waals surface area contributed by atoms with Gasteiger partial charge in [0.15, 0.2) is 0 Å². The van der Waals surface area contributed by atoms with Gasteiger partial charge in [0.1, 0.15) is 5.75 Å². The molecule has 0 saturated carbocycles. The second kappa shape index (κ2) is 6.02.